The van der Waals surface area contributed by atoms with Crippen molar-refractivity contribution in [2.75, 3.05) is 0 Å². The first-order valence-corrected chi connectivity index (χ1v) is 4.98. The summed E-state index contributed by atoms with van der Waals surface area (Å²) in [6, 6.07) is 3.47. The van der Waals surface area contributed by atoms with Crippen molar-refractivity contribution in [3.63, 3.8) is 0 Å². The summed E-state index contributed by atoms with van der Waals surface area (Å²) in [4.78, 5) is 4.33. The van der Waals surface area contributed by atoms with Crippen molar-refractivity contribution in [3.8, 4) is 11.5 Å². The molecule has 0 aliphatic carbocycles. The van der Waals surface area contributed by atoms with Crippen LogP contribution in [0.5, 0.6) is 11.5 Å². The van der Waals surface area contributed by atoms with E-state index in [2.05, 4.69) is 10.1 Å². The van der Waals surface area contributed by atoms with Crippen molar-refractivity contribution in [1.29, 1.82) is 0 Å². The number of aromatic nitrogens is 3. The van der Waals surface area contributed by atoms with Gasteiger partial charge in [-0.2, -0.15) is 5.10 Å². The summed E-state index contributed by atoms with van der Waals surface area (Å²) in [5.74, 6) is 1.28. The Balaban J connectivity index is 2.14. The highest BCUT2D eigenvalue weighted by Gasteiger charge is 2.01. The first kappa shape index (κ1) is 10.6. The zero-order valence-electron chi connectivity index (χ0n) is 8.62. The maximum Gasteiger partial charge on any atom is 0.165 e. The highest BCUT2D eigenvalue weighted by atomic mass is 32.1. The van der Waals surface area contributed by atoms with Gasteiger partial charge in [-0.25, -0.2) is 4.98 Å². The fourth-order valence-electron chi connectivity index (χ4n) is 1.17. The molecule has 5 nitrogen and oxygen atoms in total. The van der Waals surface area contributed by atoms with Crippen LogP contribution >= 0.6 is 12.2 Å². The zero-order valence-corrected chi connectivity index (χ0v) is 9.44. The van der Waals surface area contributed by atoms with E-state index in [0.717, 1.165) is 0 Å². The number of aryl methyl sites for hydroxylation is 1. The summed E-state index contributed by atoms with van der Waals surface area (Å²) in [5.41, 5.74) is 6.01. The molecule has 0 radical (unpaired) electrons. The summed E-state index contributed by atoms with van der Waals surface area (Å²) in [5, 5.41) is 3.99. The lowest BCUT2D eigenvalue weighted by molar-refractivity contribution is 0.479. The molecule has 0 atom stereocenters. The topological polar surface area (TPSA) is 66.0 Å². The predicted molar refractivity (Wildman–Crippen MR) is 63.4 cm³/mol. The Bertz CT molecular complexity index is 506. The van der Waals surface area contributed by atoms with E-state index >= 15 is 0 Å². The molecule has 6 heteroatoms. The van der Waals surface area contributed by atoms with Crippen LogP contribution in [0.2, 0.25) is 0 Å². The summed E-state index contributed by atoms with van der Waals surface area (Å²) in [7, 11) is 1.82. The van der Waals surface area contributed by atoms with Crippen molar-refractivity contribution in [3.05, 3.63) is 36.4 Å². The van der Waals surface area contributed by atoms with E-state index in [-0.39, 0.29) is 4.99 Å². The second kappa shape index (κ2) is 4.28. The number of pyridine rings is 1. The minimum atomic E-state index is 0.271. The number of nitrogens with two attached hydrogens (primary N) is 1. The fourth-order valence-corrected chi connectivity index (χ4v) is 1.29. The van der Waals surface area contributed by atoms with Crippen LogP contribution in [0.1, 0.15) is 5.69 Å². The molecule has 82 valence electrons. The Labute approximate surface area is 97.9 Å². The van der Waals surface area contributed by atoms with Gasteiger partial charge in [0.15, 0.2) is 5.75 Å². The average Bonchev–Trinajstić information content (AvgIpc) is 2.65. The Hall–Kier alpha value is -1.95. The molecule has 2 heterocycles. The molecule has 2 N–H and O–H groups in total. The second-order valence-electron chi connectivity index (χ2n) is 3.20. The minimum absolute atomic E-state index is 0.271. The number of rotatable bonds is 3. The van der Waals surface area contributed by atoms with E-state index in [1.807, 2.05) is 7.05 Å². The molecule has 2 rings (SSSR count). The standard InChI is InChI=1S/C10H10N4OS/c1-14-6-8(5-13-14)15-7-2-3-9(10(11)16)12-4-7/h2-6H,1H3,(H2,11,16). The monoisotopic (exact) mass is 234 g/mol. The first-order valence-electron chi connectivity index (χ1n) is 4.57. The van der Waals surface area contributed by atoms with Crippen LogP contribution in [0, 0.1) is 0 Å². The van der Waals surface area contributed by atoms with E-state index in [1.165, 1.54) is 0 Å². The number of nitrogens with zero attached hydrogens (tertiary/aromatic N) is 3. The number of hydrogen-bond acceptors (Lipinski definition) is 4. The maximum atomic E-state index is 5.50. The van der Waals surface area contributed by atoms with Gasteiger partial charge in [0.1, 0.15) is 10.7 Å². The summed E-state index contributed by atoms with van der Waals surface area (Å²) in [6.45, 7) is 0. The third-order valence-corrected chi connectivity index (χ3v) is 2.11. The van der Waals surface area contributed by atoms with E-state index in [0.29, 0.717) is 17.2 Å². The van der Waals surface area contributed by atoms with Crippen LogP contribution < -0.4 is 10.5 Å². The van der Waals surface area contributed by atoms with Gasteiger partial charge in [-0.15, -0.1) is 0 Å². The highest BCUT2D eigenvalue weighted by molar-refractivity contribution is 7.80. The summed E-state index contributed by atoms with van der Waals surface area (Å²) < 4.78 is 7.16. The van der Waals surface area contributed by atoms with Gasteiger partial charge in [0, 0.05) is 7.05 Å². The number of thiocarbonyl (C=S) groups is 1. The summed E-state index contributed by atoms with van der Waals surface area (Å²) in [6.07, 6.45) is 4.96. The lowest BCUT2D eigenvalue weighted by atomic mass is 10.3. The molecule has 16 heavy (non-hydrogen) atoms. The van der Waals surface area contributed by atoms with Crippen LogP contribution in [-0.4, -0.2) is 19.8 Å². The van der Waals surface area contributed by atoms with Crippen LogP contribution in [0.15, 0.2) is 30.7 Å². The lowest BCUT2D eigenvalue weighted by Crippen LogP contribution is -2.10. The molecule has 0 spiro atoms. The van der Waals surface area contributed by atoms with Gasteiger partial charge in [-0.3, -0.25) is 4.68 Å². The second-order valence-corrected chi connectivity index (χ2v) is 3.63. The Kier molecular flexibility index (Phi) is 2.82. The molecule has 0 saturated carbocycles. The van der Waals surface area contributed by atoms with Crippen molar-refractivity contribution in [2.24, 2.45) is 12.8 Å². The molecule has 0 bridgehead atoms. The normalized spacial score (nSPS) is 10.1. The first-order chi connectivity index (χ1) is 7.65. The Morgan fingerprint density at radius 3 is 2.69 bits per heavy atom. The predicted octanol–water partition coefficient (Wildman–Crippen LogP) is 1.24. The molecule has 0 aromatic carbocycles. The molecule has 0 unspecified atom stereocenters. The molecule has 0 aliphatic rings. The number of hydrogen-bond donors (Lipinski definition) is 1. The highest BCUT2D eigenvalue weighted by Crippen LogP contribution is 2.19. The third-order valence-electron chi connectivity index (χ3n) is 1.91. The molecule has 2 aromatic rings. The molecular weight excluding hydrogens is 224 g/mol. The van der Waals surface area contributed by atoms with Gasteiger partial charge >= 0.3 is 0 Å². The average molecular weight is 234 g/mol. The van der Waals surface area contributed by atoms with E-state index in [1.54, 1.807) is 35.4 Å². The fraction of sp³-hybridized carbons (Fsp3) is 0.100. The molecule has 0 amide bonds. The molecule has 0 aliphatic heterocycles. The Morgan fingerprint density at radius 2 is 2.19 bits per heavy atom. The van der Waals surface area contributed by atoms with E-state index in [4.69, 9.17) is 22.7 Å². The third kappa shape index (κ3) is 2.34. The van der Waals surface area contributed by atoms with Gasteiger partial charge < -0.3 is 10.5 Å². The van der Waals surface area contributed by atoms with Crippen LogP contribution in [0.25, 0.3) is 0 Å². The number of ether oxygens (including phenoxy) is 1. The SMILES string of the molecule is Cn1cc(Oc2ccc(C(N)=S)nc2)cn1. The van der Waals surface area contributed by atoms with Gasteiger partial charge in [0.2, 0.25) is 0 Å². The van der Waals surface area contributed by atoms with Crippen molar-refractivity contribution in [2.45, 2.75) is 0 Å². The molecule has 0 saturated heterocycles. The molecular formula is C10H10N4OS. The van der Waals surface area contributed by atoms with Crippen molar-refractivity contribution < 1.29 is 4.74 Å². The van der Waals surface area contributed by atoms with E-state index < -0.39 is 0 Å². The minimum Gasteiger partial charge on any atom is -0.452 e. The van der Waals surface area contributed by atoms with E-state index in [9.17, 15) is 0 Å². The van der Waals surface area contributed by atoms with Crippen LogP contribution in [0.3, 0.4) is 0 Å². The Morgan fingerprint density at radius 1 is 1.38 bits per heavy atom. The quantitative estimate of drug-likeness (QED) is 0.809. The van der Waals surface area contributed by atoms with Crippen molar-refractivity contribution in [1.82, 2.24) is 14.8 Å². The van der Waals surface area contributed by atoms with Gasteiger partial charge in [-0.1, -0.05) is 12.2 Å². The van der Waals surface area contributed by atoms with Crippen LogP contribution in [-0.2, 0) is 7.05 Å². The van der Waals surface area contributed by atoms with Gasteiger partial charge in [0.25, 0.3) is 0 Å². The lowest BCUT2D eigenvalue weighted by Gasteiger charge is -2.02. The zero-order chi connectivity index (χ0) is 11.5. The van der Waals surface area contributed by atoms with Gasteiger partial charge in [0.05, 0.1) is 24.3 Å². The maximum absolute atomic E-state index is 5.50. The smallest absolute Gasteiger partial charge is 0.165 e. The van der Waals surface area contributed by atoms with Gasteiger partial charge in [-0.05, 0) is 12.1 Å². The molecule has 0 fully saturated rings. The molecule has 2 aromatic heterocycles. The largest absolute Gasteiger partial charge is 0.452 e. The summed E-state index contributed by atoms with van der Waals surface area (Å²) >= 11 is 4.80. The van der Waals surface area contributed by atoms with Crippen LogP contribution in [0.4, 0.5) is 0 Å². The van der Waals surface area contributed by atoms with Crippen molar-refractivity contribution >= 4 is 17.2 Å².